The molecule has 2 rings (SSSR count). The number of benzene rings is 2. The Balaban J connectivity index is 1.72. The number of ether oxygens (including phenoxy) is 2. The first-order chi connectivity index (χ1) is 13.5. The van der Waals surface area contributed by atoms with Gasteiger partial charge in [-0.3, -0.25) is 9.59 Å². The molecule has 0 radical (unpaired) electrons. The maximum Gasteiger partial charge on any atom is 0.252 e. The van der Waals surface area contributed by atoms with Crippen LogP contribution in [0.2, 0.25) is 5.02 Å². The number of halogens is 1. The largest absolute Gasteiger partial charge is 0.493 e. The third-order valence-electron chi connectivity index (χ3n) is 3.80. The topological polar surface area (TPSA) is 89.0 Å². The fraction of sp³-hybridized carbons (Fsp3) is 0.250. The van der Waals surface area contributed by atoms with Crippen LogP contribution in [0.25, 0.3) is 0 Å². The first kappa shape index (κ1) is 21.2. The molecule has 0 aliphatic rings. The van der Waals surface area contributed by atoms with Gasteiger partial charge < -0.3 is 14.8 Å². The lowest BCUT2D eigenvalue weighted by molar-refractivity contribution is -0.121. The van der Waals surface area contributed by atoms with Crippen molar-refractivity contribution >= 4 is 29.6 Å². The zero-order valence-corrected chi connectivity index (χ0v) is 16.5. The van der Waals surface area contributed by atoms with Gasteiger partial charge in [0.15, 0.2) is 11.5 Å². The Hall–Kier alpha value is -3.06. The van der Waals surface area contributed by atoms with Gasteiger partial charge in [0.05, 0.1) is 31.0 Å². The Morgan fingerprint density at radius 1 is 1.11 bits per heavy atom. The molecule has 0 aromatic heterocycles. The van der Waals surface area contributed by atoms with Crippen LogP contribution in [0, 0.1) is 0 Å². The van der Waals surface area contributed by atoms with Crippen LogP contribution in [0.1, 0.15) is 28.8 Å². The summed E-state index contributed by atoms with van der Waals surface area (Å²) in [5.74, 6) is 0.677. The minimum Gasteiger partial charge on any atom is -0.493 e. The molecule has 0 unspecified atom stereocenters. The monoisotopic (exact) mass is 403 g/mol. The number of nitrogens with zero attached hydrogens (tertiary/aromatic N) is 1. The smallest absolute Gasteiger partial charge is 0.252 e. The summed E-state index contributed by atoms with van der Waals surface area (Å²) in [5.41, 5.74) is 3.62. The predicted octanol–water partition coefficient (Wildman–Crippen LogP) is 3.02. The van der Waals surface area contributed by atoms with Gasteiger partial charge in [-0.05, 0) is 42.3 Å². The normalized spacial score (nSPS) is 10.5. The van der Waals surface area contributed by atoms with Crippen molar-refractivity contribution in [1.29, 1.82) is 0 Å². The summed E-state index contributed by atoms with van der Waals surface area (Å²) < 4.78 is 10.4. The summed E-state index contributed by atoms with van der Waals surface area (Å²) in [5, 5.41) is 7.04. The Morgan fingerprint density at radius 2 is 1.86 bits per heavy atom. The number of amides is 2. The summed E-state index contributed by atoms with van der Waals surface area (Å²) in [6, 6.07) is 12.1. The van der Waals surface area contributed by atoms with E-state index in [9.17, 15) is 9.59 Å². The minimum atomic E-state index is -0.266. The summed E-state index contributed by atoms with van der Waals surface area (Å²) in [7, 11) is 3.10. The highest BCUT2D eigenvalue weighted by molar-refractivity contribution is 6.33. The first-order valence-electron chi connectivity index (χ1n) is 8.61. The second kappa shape index (κ2) is 10.9. The van der Waals surface area contributed by atoms with Gasteiger partial charge in [-0.1, -0.05) is 23.7 Å². The zero-order valence-electron chi connectivity index (χ0n) is 15.7. The van der Waals surface area contributed by atoms with Crippen molar-refractivity contribution in [2.24, 2.45) is 5.10 Å². The number of carbonyl (C=O) groups excluding carboxylic acids is 2. The van der Waals surface area contributed by atoms with E-state index < -0.39 is 0 Å². The van der Waals surface area contributed by atoms with Crippen LogP contribution in [-0.4, -0.2) is 38.8 Å². The molecule has 0 aliphatic heterocycles. The molecule has 0 heterocycles. The molecule has 0 saturated carbocycles. The van der Waals surface area contributed by atoms with Crippen LogP contribution in [0.5, 0.6) is 11.5 Å². The minimum absolute atomic E-state index is 0.228. The fourth-order valence-corrected chi connectivity index (χ4v) is 2.58. The number of hydrogen-bond donors (Lipinski definition) is 2. The highest BCUT2D eigenvalue weighted by atomic mass is 35.5. The molecule has 2 N–H and O–H groups in total. The van der Waals surface area contributed by atoms with Crippen molar-refractivity contribution in [3.63, 3.8) is 0 Å². The standard InChI is InChI=1S/C20H22ClN3O4/c1-27-17-10-9-14(12-18(17)28-2)13-23-24-19(25)8-5-11-22-20(26)15-6-3-4-7-16(15)21/h3-4,6-7,9-10,12-13H,5,8,11H2,1-2H3,(H,22,26)(H,24,25)/b23-13+. The summed E-state index contributed by atoms with van der Waals surface area (Å²) >= 11 is 5.97. The lowest BCUT2D eigenvalue weighted by Gasteiger charge is -2.07. The van der Waals surface area contributed by atoms with Crippen LogP contribution in [-0.2, 0) is 4.79 Å². The molecule has 0 bridgehead atoms. The fourth-order valence-electron chi connectivity index (χ4n) is 2.36. The second-order valence-electron chi connectivity index (χ2n) is 5.75. The Bertz CT molecular complexity index is 855. The molecule has 2 amide bonds. The maximum atomic E-state index is 12.0. The van der Waals surface area contributed by atoms with E-state index in [1.807, 2.05) is 0 Å². The van der Waals surface area contributed by atoms with Crippen molar-refractivity contribution < 1.29 is 19.1 Å². The van der Waals surface area contributed by atoms with E-state index in [0.29, 0.717) is 35.1 Å². The SMILES string of the molecule is COc1ccc(/C=N/NC(=O)CCCNC(=O)c2ccccc2Cl)cc1OC. The van der Waals surface area contributed by atoms with Crippen LogP contribution in [0.4, 0.5) is 0 Å². The van der Waals surface area contributed by atoms with Gasteiger partial charge in [0, 0.05) is 13.0 Å². The Morgan fingerprint density at radius 3 is 2.57 bits per heavy atom. The van der Waals surface area contributed by atoms with Crippen molar-refractivity contribution in [2.75, 3.05) is 20.8 Å². The predicted molar refractivity (Wildman–Crippen MR) is 108 cm³/mol. The van der Waals surface area contributed by atoms with E-state index in [2.05, 4.69) is 15.8 Å². The highest BCUT2D eigenvalue weighted by Crippen LogP contribution is 2.26. The average molecular weight is 404 g/mol. The number of carbonyl (C=O) groups is 2. The van der Waals surface area contributed by atoms with E-state index in [0.717, 1.165) is 5.56 Å². The Kier molecular flexibility index (Phi) is 8.30. The van der Waals surface area contributed by atoms with Crippen molar-refractivity contribution in [3.8, 4) is 11.5 Å². The van der Waals surface area contributed by atoms with Gasteiger partial charge in [0.25, 0.3) is 5.91 Å². The van der Waals surface area contributed by atoms with Gasteiger partial charge in [0.1, 0.15) is 0 Å². The van der Waals surface area contributed by atoms with Gasteiger partial charge in [-0.15, -0.1) is 0 Å². The molecule has 7 nitrogen and oxygen atoms in total. The maximum absolute atomic E-state index is 12.0. The quantitative estimate of drug-likeness (QED) is 0.382. The van der Waals surface area contributed by atoms with Crippen LogP contribution >= 0.6 is 11.6 Å². The van der Waals surface area contributed by atoms with Crippen molar-refractivity contribution in [3.05, 3.63) is 58.6 Å². The third-order valence-corrected chi connectivity index (χ3v) is 4.12. The molecule has 0 fully saturated rings. The van der Waals surface area contributed by atoms with Crippen molar-refractivity contribution in [2.45, 2.75) is 12.8 Å². The average Bonchev–Trinajstić information content (AvgIpc) is 2.71. The van der Waals surface area contributed by atoms with E-state index in [-0.39, 0.29) is 18.2 Å². The van der Waals surface area contributed by atoms with E-state index in [1.165, 1.54) is 6.21 Å². The molecule has 28 heavy (non-hydrogen) atoms. The summed E-state index contributed by atoms with van der Waals surface area (Å²) in [4.78, 5) is 23.8. The lowest BCUT2D eigenvalue weighted by Crippen LogP contribution is -2.26. The molecular weight excluding hydrogens is 382 g/mol. The molecule has 2 aromatic carbocycles. The number of methoxy groups -OCH3 is 2. The lowest BCUT2D eigenvalue weighted by atomic mass is 10.2. The summed E-state index contributed by atoms with van der Waals surface area (Å²) in [6.07, 6.45) is 2.22. The van der Waals surface area contributed by atoms with Crippen LogP contribution in [0.3, 0.4) is 0 Å². The third kappa shape index (κ3) is 6.28. The van der Waals surface area contributed by atoms with Crippen LogP contribution in [0.15, 0.2) is 47.6 Å². The van der Waals surface area contributed by atoms with E-state index >= 15 is 0 Å². The number of nitrogens with one attached hydrogen (secondary N) is 2. The molecule has 148 valence electrons. The Labute approximate surface area is 168 Å². The molecule has 2 aromatic rings. The number of hydrogen-bond acceptors (Lipinski definition) is 5. The van der Waals surface area contributed by atoms with Gasteiger partial charge in [-0.2, -0.15) is 5.10 Å². The van der Waals surface area contributed by atoms with Crippen LogP contribution < -0.4 is 20.2 Å². The highest BCUT2D eigenvalue weighted by Gasteiger charge is 2.09. The summed E-state index contributed by atoms with van der Waals surface area (Å²) in [6.45, 7) is 0.358. The number of hydrazone groups is 1. The van der Waals surface area contributed by atoms with Gasteiger partial charge in [0.2, 0.25) is 5.91 Å². The zero-order chi connectivity index (χ0) is 20.4. The van der Waals surface area contributed by atoms with Gasteiger partial charge >= 0.3 is 0 Å². The molecule has 0 spiro atoms. The van der Waals surface area contributed by atoms with E-state index in [4.69, 9.17) is 21.1 Å². The first-order valence-corrected chi connectivity index (χ1v) is 8.99. The van der Waals surface area contributed by atoms with Crippen molar-refractivity contribution in [1.82, 2.24) is 10.7 Å². The second-order valence-corrected chi connectivity index (χ2v) is 6.15. The molecule has 0 aliphatic carbocycles. The number of rotatable bonds is 9. The molecule has 0 atom stereocenters. The van der Waals surface area contributed by atoms with Gasteiger partial charge in [-0.25, -0.2) is 5.43 Å². The molecule has 8 heteroatoms. The van der Waals surface area contributed by atoms with E-state index in [1.54, 1.807) is 56.7 Å². The molecule has 0 saturated heterocycles. The molecular formula is C20H22ClN3O4.